The Balaban J connectivity index is 1.69. The number of nitrogens with zero attached hydrogens (tertiary/aromatic N) is 3. The standard InChI is InChI=1S/C20H28N4O3S/c1-21-28(26,27)18-13-19(22(2)15-18)20(25)23(3)14-16-7-9-17(10-8-16)24-11-5-4-6-12-24/h7-10,13,15,21H,4-6,11-12,14H2,1-3H3. The van der Waals surface area contributed by atoms with Crippen LogP contribution in [-0.2, 0) is 23.6 Å². The molecule has 1 fully saturated rings. The predicted octanol–water partition coefficient (Wildman–Crippen LogP) is 2.20. The molecule has 7 nitrogen and oxygen atoms in total. The molecule has 3 rings (SSSR count). The summed E-state index contributed by atoms with van der Waals surface area (Å²) in [6.07, 6.45) is 5.22. The molecule has 0 aliphatic carbocycles. The molecule has 1 saturated heterocycles. The molecule has 2 aromatic rings. The number of hydrogen-bond acceptors (Lipinski definition) is 4. The van der Waals surface area contributed by atoms with Crippen LogP contribution in [0.1, 0.15) is 35.3 Å². The molecule has 0 saturated carbocycles. The Labute approximate surface area is 167 Å². The van der Waals surface area contributed by atoms with Crippen molar-refractivity contribution in [1.82, 2.24) is 14.2 Å². The lowest BCUT2D eigenvalue weighted by Gasteiger charge is -2.29. The maximum absolute atomic E-state index is 12.8. The minimum atomic E-state index is -3.58. The van der Waals surface area contributed by atoms with Gasteiger partial charge in [-0.15, -0.1) is 0 Å². The van der Waals surface area contributed by atoms with Gasteiger partial charge in [0.05, 0.1) is 0 Å². The molecule has 1 amide bonds. The van der Waals surface area contributed by atoms with Crippen molar-refractivity contribution in [3.05, 3.63) is 47.8 Å². The van der Waals surface area contributed by atoms with Crippen molar-refractivity contribution in [3.8, 4) is 0 Å². The zero-order chi connectivity index (χ0) is 20.3. The van der Waals surface area contributed by atoms with Gasteiger partial charge in [0.25, 0.3) is 5.91 Å². The molecular weight excluding hydrogens is 376 g/mol. The summed E-state index contributed by atoms with van der Waals surface area (Å²) in [5.74, 6) is -0.222. The first-order valence-corrected chi connectivity index (χ1v) is 11.0. The van der Waals surface area contributed by atoms with E-state index in [0.29, 0.717) is 12.2 Å². The van der Waals surface area contributed by atoms with E-state index in [4.69, 9.17) is 0 Å². The highest BCUT2D eigenvalue weighted by atomic mass is 32.2. The van der Waals surface area contributed by atoms with Crippen LogP contribution in [0.4, 0.5) is 5.69 Å². The second kappa shape index (κ2) is 8.36. The SMILES string of the molecule is CNS(=O)(=O)c1cc(C(=O)N(C)Cc2ccc(N3CCCCC3)cc2)n(C)c1. The Morgan fingerprint density at radius 1 is 1.14 bits per heavy atom. The third kappa shape index (κ3) is 4.39. The van der Waals surface area contributed by atoms with Crippen molar-refractivity contribution in [2.45, 2.75) is 30.7 Å². The van der Waals surface area contributed by atoms with Gasteiger partial charge in [0.15, 0.2) is 0 Å². The molecule has 1 aromatic carbocycles. The molecule has 0 atom stereocenters. The quantitative estimate of drug-likeness (QED) is 0.801. The van der Waals surface area contributed by atoms with Gasteiger partial charge < -0.3 is 14.4 Å². The maximum Gasteiger partial charge on any atom is 0.270 e. The summed E-state index contributed by atoms with van der Waals surface area (Å²) < 4.78 is 27.7. The van der Waals surface area contributed by atoms with Gasteiger partial charge >= 0.3 is 0 Å². The van der Waals surface area contributed by atoms with Gasteiger partial charge in [-0.2, -0.15) is 0 Å². The molecule has 1 aliphatic rings. The van der Waals surface area contributed by atoms with E-state index in [1.165, 1.54) is 44.3 Å². The van der Waals surface area contributed by atoms with Crippen LogP contribution in [0.25, 0.3) is 0 Å². The van der Waals surface area contributed by atoms with Crippen LogP contribution >= 0.6 is 0 Å². The van der Waals surface area contributed by atoms with Crippen LogP contribution in [0, 0.1) is 0 Å². The number of piperidine rings is 1. The number of carbonyl (C=O) groups excluding carboxylic acids is 1. The normalized spacial score (nSPS) is 14.9. The van der Waals surface area contributed by atoms with Gasteiger partial charge in [-0.3, -0.25) is 4.79 Å². The number of aryl methyl sites for hydroxylation is 1. The summed E-state index contributed by atoms with van der Waals surface area (Å²) in [6.45, 7) is 2.66. The van der Waals surface area contributed by atoms with Gasteiger partial charge in [0.1, 0.15) is 10.6 Å². The van der Waals surface area contributed by atoms with E-state index in [0.717, 1.165) is 18.7 Å². The summed E-state index contributed by atoms with van der Waals surface area (Å²) in [5.41, 5.74) is 2.59. The van der Waals surface area contributed by atoms with Gasteiger partial charge in [-0.05, 0) is 50.1 Å². The van der Waals surface area contributed by atoms with Crippen molar-refractivity contribution in [2.75, 3.05) is 32.1 Å². The molecule has 152 valence electrons. The summed E-state index contributed by atoms with van der Waals surface area (Å²) in [5, 5.41) is 0. The summed E-state index contributed by atoms with van der Waals surface area (Å²) in [7, 11) is 1.16. The zero-order valence-corrected chi connectivity index (χ0v) is 17.5. The topological polar surface area (TPSA) is 74.7 Å². The van der Waals surface area contributed by atoms with Crippen molar-refractivity contribution in [2.24, 2.45) is 7.05 Å². The van der Waals surface area contributed by atoms with E-state index in [-0.39, 0.29) is 10.8 Å². The fraction of sp³-hybridized carbons (Fsp3) is 0.450. The Bertz CT molecular complexity index is 929. The largest absolute Gasteiger partial charge is 0.372 e. The molecule has 8 heteroatoms. The van der Waals surface area contributed by atoms with E-state index in [1.807, 2.05) is 0 Å². The molecule has 0 unspecified atom stereocenters. The first-order valence-electron chi connectivity index (χ1n) is 9.51. The second-order valence-corrected chi connectivity index (χ2v) is 9.14. The van der Waals surface area contributed by atoms with Crippen molar-refractivity contribution >= 4 is 21.6 Å². The Morgan fingerprint density at radius 3 is 2.39 bits per heavy atom. The Hall–Kier alpha value is -2.32. The number of hydrogen-bond donors (Lipinski definition) is 1. The summed E-state index contributed by atoms with van der Waals surface area (Å²) in [6, 6.07) is 9.73. The number of rotatable bonds is 6. The highest BCUT2D eigenvalue weighted by Crippen LogP contribution is 2.21. The van der Waals surface area contributed by atoms with Gasteiger partial charge in [0.2, 0.25) is 10.0 Å². The number of benzene rings is 1. The first-order chi connectivity index (χ1) is 13.3. The number of sulfonamides is 1. The lowest BCUT2D eigenvalue weighted by Crippen LogP contribution is -2.29. The maximum atomic E-state index is 12.8. The van der Waals surface area contributed by atoms with Crippen LogP contribution < -0.4 is 9.62 Å². The molecule has 2 heterocycles. The van der Waals surface area contributed by atoms with Gasteiger partial charge in [-0.1, -0.05) is 12.1 Å². The minimum Gasteiger partial charge on any atom is -0.372 e. The lowest BCUT2D eigenvalue weighted by atomic mass is 10.1. The van der Waals surface area contributed by atoms with E-state index < -0.39 is 10.0 Å². The third-order valence-electron chi connectivity index (χ3n) is 5.20. The Morgan fingerprint density at radius 2 is 1.79 bits per heavy atom. The molecule has 1 N–H and O–H groups in total. The monoisotopic (exact) mass is 404 g/mol. The smallest absolute Gasteiger partial charge is 0.270 e. The average Bonchev–Trinajstić information content (AvgIpc) is 3.11. The lowest BCUT2D eigenvalue weighted by molar-refractivity contribution is 0.0775. The van der Waals surface area contributed by atoms with Crippen LogP contribution in [0.2, 0.25) is 0 Å². The van der Waals surface area contributed by atoms with Crippen LogP contribution in [0.3, 0.4) is 0 Å². The zero-order valence-electron chi connectivity index (χ0n) is 16.7. The molecule has 0 spiro atoms. The molecular formula is C20H28N4O3S. The highest BCUT2D eigenvalue weighted by molar-refractivity contribution is 7.89. The molecule has 0 radical (unpaired) electrons. The minimum absolute atomic E-state index is 0.0835. The van der Waals surface area contributed by atoms with E-state index in [9.17, 15) is 13.2 Å². The van der Waals surface area contributed by atoms with E-state index >= 15 is 0 Å². The van der Waals surface area contributed by atoms with Crippen molar-refractivity contribution < 1.29 is 13.2 Å². The average molecular weight is 405 g/mol. The van der Waals surface area contributed by atoms with Crippen LogP contribution in [0.15, 0.2) is 41.4 Å². The van der Waals surface area contributed by atoms with Crippen LogP contribution in [0.5, 0.6) is 0 Å². The number of aromatic nitrogens is 1. The fourth-order valence-electron chi connectivity index (χ4n) is 3.52. The highest BCUT2D eigenvalue weighted by Gasteiger charge is 2.21. The van der Waals surface area contributed by atoms with Gasteiger partial charge in [-0.25, -0.2) is 13.1 Å². The molecule has 1 aromatic heterocycles. The number of carbonyl (C=O) groups is 1. The van der Waals surface area contributed by atoms with Crippen molar-refractivity contribution in [1.29, 1.82) is 0 Å². The molecule has 0 bridgehead atoms. The van der Waals surface area contributed by atoms with Gasteiger partial charge in [0, 0.05) is 45.6 Å². The molecule has 1 aliphatic heterocycles. The Kier molecular flexibility index (Phi) is 6.10. The number of nitrogens with one attached hydrogen (secondary N) is 1. The van der Waals surface area contributed by atoms with Crippen LogP contribution in [-0.4, -0.2) is 51.0 Å². The summed E-state index contributed by atoms with van der Waals surface area (Å²) in [4.78, 5) is 16.9. The summed E-state index contributed by atoms with van der Waals surface area (Å²) >= 11 is 0. The van der Waals surface area contributed by atoms with E-state index in [1.54, 1.807) is 23.6 Å². The first kappa shape index (κ1) is 20.4. The van der Waals surface area contributed by atoms with E-state index in [2.05, 4.69) is 33.9 Å². The molecule has 28 heavy (non-hydrogen) atoms. The fourth-order valence-corrected chi connectivity index (χ4v) is 4.32. The number of amides is 1. The van der Waals surface area contributed by atoms with Crippen molar-refractivity contribution in [3.63, 3.8) is 0 Å². The third-order valence-corrected chi connectivity index (χ3v) is 6.58. The predicted molar refractivity (Wildman–Crippen MR) is 110 cm³/mol. The number of anilines is 1. The second-order valence-electron chi connectivity index (χ2n) is 7.25.